The highest BCUT2D eigenvalue weighted by Gasteiger charge is 2.06. The summed E-state index contributed by atoms with van der Waals surface area (Å²) in [5.74, 6) is -0.265. The second-order valence-electron chi connectivity index (χ2n) is 5.26. The summed E-state index contributed by atoms with van der Waals surface area (Å²) in [5, 5.41) is 7.16. The summed E-state index contributed by atoms with van der Waals surface area (Å²) in [4.78, 5) is 11.8. The number of carbonyl (C=O) groups is 1. The number of hydrogen-bond donors (Lipinski definition) is 1. The summed E-state index contributed by atoms with van der Waals surface area (Å²) in [6.45, 7) is 6.59. The molecule has 1 amide bonds. The van der Waals surface area contributed by atoms with Crippen LogP contribution in [0.15, 0.2) is 24.3 Å². The van der Waals surface area contributed by atoms with Crippen LogP contribution in [0.5, 0.6) is 0 Å². The van der Waals surface area contributed by atoms with E-state index >= 15 is 0 Å². The molecule has 0 saturated carbocycles. The van der Waals surface area contributed by atoms with Crippen LogP contribution >= 0.6 is 0 Å². The van der Waals surface area contributed by atoms with Crippen LogP contribution in [0.2, 0.25) is 0 Å². The lowest BCUT2D eigenvalue weighted by Crippen LogP contribution is -2.24. The van der Waals surface area contributed by atoms with Crippen LogP contribution in [0.3, 0.4) is 0 Å². The Morgan fingerprint density at radius 3 is 2.67 bits per heavy atom. The zero-order valence-electron chi connectivity index (χ0n) is 12.6. The van der Waals surface area contributed by atoms with Crippen molar-refractivity contribution < 1.29 is 9.18 Å². The first kappa shape index (κ1) is 15.2. The van der Waals surface area contributed by atoms with E-state index in [4.69, 9.17) is 0 Å². The van der Waals surface area contributed by atoms with Gasteiger partial charge in [-0.3, -0.25) is 9.48 Å². The molecule has 0 unspecified atom stereocenters. The van der Waals surface area contributed by atoms with Crippen LogP contribution in [-0.2, 0) is 17.9 Å². The van der Waals surface area contributed by atoms with Crippen LogP contribution in [0, 0.1) is 26.6 Å². The fourth-order valence-electron chi connectivity index (χ4n) is 2.21. The molecule has 0 aliphatic heterocycles. The number of halogens is 1. The van der Waals surface area contributed by atoms with Crippen molar-refractivity contribution in [1.82, 2.24) is 15.1 Å². The van der Waals surface area contributed by atoms with E-state index in [0.29, 0.717) is 25.1 Å². The number of rotatable bonds is 5. The molecular weight excluding hydrogens is 269 g/mol. The third-order valence-corrected chi connectivity index (χ3v) is 3.37. The number of carbonyl (C=O) groups excluding carboxylic acids is 1. The largest absolute Gasteiger partial charge is 0.352 e. The topological polar surface area (TPSA) is 46.9 Å². The van der Waals surface area contributed by atoms with Crippen LogP contribution in [-0.4, -0.2) is 15.7 Å². The van der Waals surface area contributed by atoms with E-state index < -0.39 is 0 Å². The fourth-order valence-corrected chi connectivity index (χ4v) is 2.21. The van der Waals surface area contributed by atoms with Gasteiger partial charge in [0.2, 0.25) is 5.91 Å². The summed E-state index contributed by atoms with van der Waals surface area (Å²) in [5.41, 5.74) is 3.49. The van der Waals surface area contributed by atoms with Crippen molar-refractivity contribution in [3.8, 4) is 0 Å². The Morgan fingerprint density at radius 1 is 1.29 bits per heavy atom. The Bertz CT molecular complexity index is 649. The predicted molar refractivity (Wildman–Crippen MR) is 79.3 cm³/mol. The highest BCUT2D eigenvalue weighted by atomic mass is 19.1. The van der Waals surface area contributed by atoms with Crippen LogP contribution in [0.4, 0.5) is 4.39 Å². The maximum Gasteiger partial charge on any atom is 0.222 e. The molecule has 1 aromatic heterocycles. The maximum absolute atomic E-state index is 13.1. The molecular formula is C16H20FN3O. The molecule has 0 spiro atoms. The lowest BCUT2D eigenvalue weighted by molar-refractivity contribution is -0.121. The van der Waals surface area contributed by atoms with Gasteiger partial charge in [-0.05, 0) is 44.0 Å². The van der Waals surface area contributed by atoms with Gasteiger partial charge in [-0.15, -0.1) is 0 Å². The van der Waals surface area contributed by atoms with Gasteiger partial charge in [0, 0.05) is 25.2 Å². The molecule has 21 heavy (non-hydrogen) atoms. The van der Waals surface area contributed by atoms with Gasteiger partial charge in [0.15, 0.2) is 0 Å². The zero-order valence-corrected chi connectivity index (χ0v) is 12.6. The van der Waals surface area contributed by atoms with E-state index in [1.54, 1.807) is 19.1 Å². The summed E-state index contributed by atoms with van der Waals surface area (Å²) in [6.07, 6.45) is 0.377. The van der Waals surface area contributed by atoms with Crippen molar-refractivity contribution in [2.75, 3.05) is 0 Å². The average Bonchev–Trinajstić information content (AvgIpc) is 2.76. The molecule has 1 N–H and O–H groups in total. The van der Waals surface area contributed by atoms with Gasteiger partial charge in [-0.2, -0.15) is 5.10 Å². The molecule has 1 heterocycles. The van der Waals surface area contributed by atoms with Crippen molar-refractivity contribution in [3.63, 3.8) is 0 Å². The van der Waals surface area contributed by atoms with Gasteiger partial charge < -0.3 is 5.32 Å². The molecule has 0 fully saturated rings. The molecule has 2 aromatic rings. The minimum Gasteiger partial charge on any atom is -0.352 e. The Morgan fingerprint density at radius 2 is 2.05 bits per heavy atom. The van der Waals surface area contributed by atoms with Crippen molar-refractivity contribution in [1.29, 1.82) is 0 Å². The van der Waals surface area contributed by atoms with E-state index in [1.807, 2.05) is 24.6 Å². The summed E-state index contributed by atoms with van der Waals surface area (Å²) in [6, 6.07) is 6.84. The van der Waals surface area contributed by atoms with E-state index in [9.17, 15) is 9.18 Å². The molecule has 4 nitrogen and oxygen atoms in total. The third kappa shape index (κ3) is 4.15. The predicted octanol–water partition coefficient (Wildman–Crippen LogP) is 2.65. The Balaban J connectivity index is 1.82. The number of nitrogens with one attached hydrogen (secondary N) is 1. The van der Waals surface area contributed by atoms with Gasteiger partial charge in [-0.1, -0.05) is 12.1 Å². The van der Waals surface area contributed by atoms with Crippen LogP contribution < -0.4 is 5.32 Å². The maximum atomic E-state index is 13.1. The van der Waals surface area contributed by atoms with Gasteiger partial charge in [0.25, 0.3) is 0 Å². The van der Waals surface area contributed by atoms with Gasteiger partial charge in [0.1, 0.15) is 5.82 Å². The minimum atomic E-state index is -0.227. The standard InChI is InChI=1S/C16H20FN3O/c1-11-8-14(4-5-15(11)17)10-18-16(21)6-7-20-13(3)9-12(2)19-20/h4-5,8-9H,6-7,10H2,1-3H3,(H,18,21). The van der Waals surface area contributed by atoms with Gasteiger partial charge in [-0.25, -0.2) is 4.39 Å². The lowest BCUT2D eigenvalue weighted by atomic mass is 10.1. The van der Waals surface area contributed by atoms with E-state index in [-0.39, 0.29) is 11.7 Å². The summed E-state index contributed by atoms with van der Waals surface area (Å²) in [7, 11) is 0. The average molecular weight is 289 g/mol. The number of nitrogens with zero attached hydrogens (tertiary/aromatic N) is 2. The number of hydrogen-bond acceptors (Lipinski definition) is 2. The Hall–Kier alpha value is -2.17. The second kappa shape index (κ2) is 6.52. The normalized spacial score (nSPS) is 10.7. The number of aryl methyl sites for hydroxylation is 4. The highest BCUT2D eigenvalue weighted by Crippen LogP contribution is 2.09. The molecule has 0 bridgehead atoms. The van der Waals surface area contributed by atoms with Crippen molar-refractivity contribution in [3.05, 3.63) is 52.6 Å². The van der Waals surface area contributed by atoms with Crippen LogP contribution in [0.1, 0.15) is 28.9 Å². The molecule has 0 radical (unpaired) electrons. The molecule has 0 aliphatic carbocycles. The van der Waals surface area contributed by atoms with E-state index in [0.717, 1.165) is 17.0 Å². The fraction of sp³-hybridized carbons (Fsp3) is 0.375. The first-order valence-corrected chi connectivity index (χ1v) is 6.98. The Kier molecular flexibility index (Phi) is 4.73. The summed E-state index contributed by atoms with van der Waals surface area (Å²) >= 11 is 0. The third-order valence-electron chi connectivity index (χ3n) is 3.37. The zero-order chi connectivity index (χ0) is 15.4. The highest BCUT2D eigenvalue weighted by molar-refractivity contribution is 5.75. The van der Waals surface area contributed by atoms with Gasteiger partial charge in [0.05, 0.1) is 5.69 Å². The molecule has 0 atom stereocenters. The van der Waals surface area contributed by atoms with Crippen molar-refractivity contribution in [2.24, 2.45) is 0 Å². The van der Waals surface area contributed by atoms with Crippen LogP contribution in [0.25, 0.3) is 0 Å². The molecule has 112 valence electrons. The number of benzene rings is 1. The second-order valence-corrected chi connectivity index (χ2v) is 5.26. The first-order valence-electron chi connectivity index (χ1n) is 6.98. The number of aromatic nitrogens is 2. The molecule has 5 heteroatoms. The van der Waals surface area contributed by atoms with Gasteiger partial charge >= 0.3 is 0 Å². The smallest absolute Gasteiger partial charge is 0.222 e. The molecule has 2 rings (SSSR count). The molecule has 0 saturated heterocycles. The van der Waals surface area contributed by atoms with Crippen molar-refractivity contribution >= 4 is 5.91 Å². The van der Waals surface area contributed by atoms with Crippen molar-refractivity contribution in [2.45, 2.75) is 40.3 Å². The SMILES string of the molecule is Cc1cc(C)n(CCC(=O)NCc2ccc(F)c(C)c2)n1. The van der Waals surface area contributed by atoms with E-state index in [1.165, 1.54) is 6.07 Å². The quantitative estimate of drug-likeness (QED) is 0.920. The minimum absolute atomic E-state index is 0.0375. The van der Waals surface area contributed by atoms with E-state index in [2.05, 4.69) is 10.4 Å². The lowest BCUT2D eigenvalue weighted by Gasteiger charge is -2.07. The summed E-state index contributed by atoms with van der Waals surface area (Å²) < 4.78 is 15.0. The monoisotopic (exact) mass is 289 g/mol. The first-order chi connectivity index (χ1) is 9.95. The molecule has 0 aliphatic rings. The Labute approximate surface area is 124 Å². The number of amides is 1. The molecule has 1 aromatic carbocycles.